The number of alkyl halides is 1. The summed E-state index contributed by atoms with van der Waals surface area (Å²) in [5.74, 6) is 2.29. The molecule has 0 bridgehead atoms. The Labute approximate surface area is 96.3 Å². The minimum atomic E-state index is 0.968. The summed E-state index contributed by atoms with van der Waals surface area (Å²) in [6.07, 6.45) is 8.18. The maximum atomic E-state index is 4.42. The summed E-state index contributed by atoms with van der Waals surface area (Å²) in [5.41, 5.74) is 0. The summed E-state index contributed by atoms with van der Waals surface area (Å²) in [4.78, 5) is 4.42. The zero-order valence-corrected chi connectivity index (χ0v) is 9.89. The first-order chi connectivity index (χ1) is 7.40. The molecule has 1 aliphatic heterocycles. The Bertz CT molecular complexity index is 485. The number of halogens is 1. The van der Waals surface area contributed by atoms with E-state index >= 15 is 0 Å². The fourth-order valence-electron chi connectivity index (χ4n) is 2.09. The third kappa shape index (κ3) is 1.33. The Morgan fingerprint density at radius 1 is 1.47 bits per heavy atom. The van der Waals surface area contributed by atoms with Crippen LogP contribution < -0.4 is 4.57 Å². The summed E-state index contributed by atoms with van der Waals surface area (Å²) in [5, 5.41) is 0.968. The summed E-state index contributed by atoms with van der Waals surface area (Å²) in [6, 6.07) is 0. The molecule has 3 heterocycles. The maximum absolute atomic E-state index is 4.42. The number of fused-ring (bicyclic) bond motifs is 3. The summed E-state index contributed by atoms with van der Waals surface area (Å²) in [6.45, 7) is 3.04. The molecule has 0 saturated heterocycles. The van der Waals surface area contributed by atoms with Gasteiger partial charge < -0.3 is 4.57 Å². The average molecular weight is 268 g/mol. The number of rotatable bonds is 2. The van der Waals surface area contributed by atoms with Crippen LogP contribution in [0, 0.1) is 0 Å². The van der Waals surface area contributed by atoms with E-state index in [4.69, 9.17) is 0 Å². The summed E-state index contributed by atoms with van der Waals surface area (Å²) in [7, 11) is 0. The Morgan fingerprint density at radius 2 is 2.40 bits per heavy atom. The first kappa shape index (κ1) is 9.15. The zero-order chi connectivity index (χ0) is 10.3. The van der Waals surface area contributed by atoms with Crippen molar-refractivity contribution >= 4 is 15.9 Å². The first-order valence-corrected chi connectivity index (χ1v) is 6.18. The molecule has 2 aromatic rings. The van der Waals surface area contributed by atoms with Crippen molar-refractivity contribution in [3.8, 4) is 11.6 Å². The number of nitrogens with zero attached hydrogens (tertiary/aromatic N) is 4. The standard InChI is InChI=1S/C10H12BrN4/c11-1-3-14-7-8-15-6-5-13-4-2-12-9(13)10(14)15/h2,4,7-8H,1,3,5-6H2/q+1. The van der Waals surface area contributed by atoms with E-state index in [1.807, 2.05) is 12.4 Å². The first-order valence-electron chi connectivity index (χ1n) is 5.06. The number of hydrogen-bond donors (Lipinski definition) is 0. The van der Waals surface area contributed by atoms with Crippen LogP contribution in [0.25, 0.3) is 11.6 Å². The van der Waals surface area contributed by atoms with Gasteiger partial charge in [0.1, 0.15) is 25.5 Å². The second-order valence-corrected chi connectivity index (χ2v) is 4.43. The normalized spacial score (nSPS) is 13.7. The second-order valence-electron chi connectivity index (χ2n) is 3.64. The van der Waals surface area contributed by atoms with Gasteiger partial charge in [-0.2, -0.15) is 0 Å². The fourth-order valence-corrected chi connectivity index (χ4v) is 2.47. The van der Waals surface area contributed by atoms with Gasteiger partial charge in [0.2, 0.25) is 5.82 Å². The zero-order valence-electron chi connectivity index (χ0n) is 8.30. The van der Waals surface area contributed by atoms with Crippen LogP contribution in [0.5, 0.6) is 0 Å². The molecule has 0 radical (unpaired) electrons. The molecule has 1 aliphatic rings. The van der Waals surface area contributed by atoms with Crippen molar-refractivity contribution in [2.75, 3.05) is 5.33 Å². The van der Waals surface area contributed by atoms with Crippen molar-refractivity contribution in [2.24, 2.45) is 0 Å². The van der Waals surface area contributed by atoms with Gasteiger partial charge in [0.05, 0.1) is 6.54 Å². The van der Waals surface area contributed by atoms with Crippen LogP contribution >= 0.6 is 15.9 Å². The van der Waals surface area contributed by atoms with Crippen LogP contribution in [0.4, 0.5) is 0 Å². The number of imidazole rings is 2. The topological polar surface area (TPSA) is 26.6 Å². The van der Waals surface area contributed by atoms with Gasteiger partial charge in [-0.25, -0.2) is 14.1 Å². The monoisotopic (exact) mass is 267 g/mol. The van der Waals surface area contributed by atoms with Crippen molar-refractivity contribution in [1.82, 2.24) is 14.1 Å². The van der Waals surface area contributed by atoms with Crippen LogP contribution in [0.15, 0.2) is 24.8 Å². The molecule has 3 rings (SSSR count). The Balaban J connectivity index is 2.16. The Morgan fingerprint density at radius 3 is 3.27 bits per heavy atom. The van der Waals surface area contributed by atoms with E-state index < -0.39 is 0 Å². The van der Waals surface area contributed by atoms with E-state index in [-0.39, 0.29) is 0 Å². The van der Waals surface area contributed by atoms with Crippen molar-refractivity contribution in [2.45, 2.75) is 19.6 Å². The van der Waals surface area contributed by atoms with E-state index in [9.17, 15) is 0 Å². The Kier molecular flexibility index (Phi) is 2.12. The molecule has 0 fully saturated rings. The van der Waals surface area contributed by atoms with E-state index in [0.29, 0.717) is 0 Å². The smallest absolute Gasteiger partial charge is 0.321 e. The SMILES string of the molecule is BrCCn1cc[n+]2c1-c1nccn1CC2. The largest absolute Gasteiger partial charge is 0.325 e. The maximum Gasteiger partial charge on any atom is 0.325 e. The molecule has 5 heteroatoms. The lowest BCUT2D eigenvalue weighted by atomic mass is 10.4. The molecule has 0 spiro atoms. The predicted molar refractivity (Wildman–Crippen MR) is 59.6 cm³/mol. The lowest BCUT2D eigenvalue weighted by molar-refractivity contribution is -0.689. The van der Waals surface area contributed by atoms with Crippen LogP contribution in [-0.4, -0.2) is 19.4 Å². The molecule has 0 aromatic carbocycles. The molecule has 4 nitrogen and oxygen atoms in total. The van der Waals surface area contributed by atoms with E-state index in [1.54, 1.807) is 0 Å². The molecule has 0 unspecified atom stereocenters. The van der Waals surface area contributed by atoms with Gasteiger partial charge in [-0.1, -0.05) is 15.9 Å². The van der Waals surface area contributed by atoms with Crippen molar-refractivity contribution in [1.29, 1.82) is 0 Å². The Hall–Kier alpha value is -1.10. The van der Waals surface area contributed by atoms with Gasteiger partial charge in [-0.3, -0.25) is 0 Å². The minimum Gasteiger partial charge on any atom is -0.321 e. The third-order valence-electron chi connectivity index (χ3n) is 2.79. The molecule has 0 amide bonds. The van der Waals surface area contributed by atoms with Crippen molar-refractivity contribution in [3.05, 3.63) is 24.8 Å². The van der Waals surface area contributed by atoms with Gasteiger partial charge in [0.15, 0.2) is 0 Å². The number of aryl methyl sites for hydroxylation is 3. The van der Waals surface area contributed by atoms with Crippen molar-refractivity contribution < 1.29 is 4.57 Å². The van der Waals surface area contributed by atoms with Crippen LogP contribution in [0.3, 0.4) is 0 Å². The van der Waals surface area contributed by atoms with Crippen molar-refractivity contribution in [3.63, 3.8) is 0 Å². The van der Waals surface area contributed by atoms with Gasteiger partial charge in [-0.15, -0.1) is 0 Å². The molecule has 15 heavy (non-hydrogen) atoms. The van der Waals surface area contributed by atoms with Gasteiger partial charge in [-0.05, 0) is 0 Å². The number of hydrogen-bond acceptors (Lipinski definition) is 1. The molecule has 0 N–H and O–H groups in total. The highest BCUT2D eigenvalue weighted by atomic mass is 79.9. The van der Waals surface area contributed by atoms with E-state index in [2.05, 4.69) is 47.0 Å². The highest BCUT2D eigenvalue weighted by Crippen LogP contribution is 2.17. The van der Waals surface area contributed by atoms with Gasteiger partial charge in [0.25, 0.3) is 0 Å². The van der Waals surface area contributed by atoms with Crippen LogP contribution in [0.1, 0.15) is 0 Å². The fraction of sp³-hybridized carbons (Fsp3) is 0.400. The predicted octanol–water partition coefficient (Wildman–Crippen LogP) is 1.05. The summed E-state index contributed by atoms with van der Waals surface area (Å²) < 4.78 is 6.72. The summed E-state index contributed by atoms with van der Waals surface area (Å²) >= 11 is 3.47. The van der Waals surface area contributed by atoms with E-state index in [0.717, 1.165) is 30.8 Å². The van der Waals surface area contributed by atoms with Crippen LogP contribution in [0.2, 0.25) is 0 Å². The molecule has 78 valence electrons. The highest BCUT2D eigenvalue weighted by Gasteiger charge is 2.27. The van der Waals surface area contributed by atoms with E-state index in [1.165, 1.54) is 5.82 Å². The molecule has 0 saturated carbocycles. The van der Waals surface area contributed by atoms with Gasteiger partial charge >= 0.3 is 5.82 Å². The quantitative estimate of drug-likeness (QED) is 0.590. The second kappa shape index (κ2) is 3.48. The molecular formula is C10H12BrN4+. The number of aromatic nitrogens is 4. The lowest BCUT2D eigenvalue weighted by Gasteiger charge is -2.12. The molecular weight excluding hydrogens is 256 g/mol. The average Bonchev–Trinajstić information content (AvgIpc) is 2.83. The van der Waals surface area contributed by atoms with Crippen LogP contribution in [-0.2, 0) is 19.6 Å². The van der Waals surface area contributed by atoms with Gasteiger partial charge in [0, 0.05) is 17.7 Å². The molecule has 0 atom stereocenters. The minimum absolute atomic E-state index is 0.968. The molecule has 2 aromatic heterocycles. The third-order valence-corrected chi connectivity index (χ3v) is 3.15. The lowest BCUT2D eigenvalue weighted by Crippen LogP contribution is -2.41. The molecule has 0 aliphatic carbocycles. The highest BCUT2D eigenvalue weighted by molar-refractivity contribution is 9.09.